The fourth-order valence-electron chi connectivity index (χ4n) is 4.45. The first-order chi connectivity index (χ1) is 17.6. The molecule has 0 aliphatic carbocycles. The number of aryl methyl sites for hydroxylation is 2. The third-order valence-corrected chi connectivity index (χ3v) is 6.72. The smallest absolute Gasteiger partial charge is 0.335 e. The first-order valence-corrected chi connectivity index (χ1v) is 11.9. The minimum absolute atomic E-state index is 0.0404. The van der Waals surface area contributed by atoms with Gasteiger partial charge in [-0.05, 0) is 54.8 Å². The highest BCUT2D eigenvalue weighted by Gasteiger charge is 2.36. The highest BCUT2D eigenvalue weighted by molar-refractivity contribution is 5.93. The fourth-order valence-corrected chi connectivity index (χ4v) is 4.45. The van der Waals surface area contributed by atoms with Gasteiger partial charge in [0.25, 0.3) is 5.91 Å². The molecule has 192 valence electrons. The van der Waals surface area contributed by atoms with E-state index in [1.54, 1.807) is 29.2 Å². The van der Waals surface area contributed by atoms with Crippen molar-refractivity contribution in [2.24, 2.45) is 0 Å². The van der Waals surface area contributed by atoms with Gasteiger partial charge in [-0.15, -0.1) is 0 Å². The number of hydrogen-bond acceptors (Lipinski definition) is 4. The number of rotatable bonds is 4. The van der Waals surface area contributed by atoms with Gasteiger partial charge in [0.1, 0.15) is 5.82 Å². The number of benzene rings is 2. The van der Waals surface area contributed by atoms with E-state index >= 15 is 0 Å². The maximum Gasteiger partial charge on any atom is 0.433 e. The van der Waals surface area contributed by atoms with Crippen LogP contribution >= 0.6 is 0 Å². The molecule has 2 aromatic heterocycles. The van der Waals surface area contributed by atoms with Gasteiger partial charge < -0.3 is 4.90 Å². The van der Waals surface area contributed by atoms with Gasteiger partial charge in [-0.2, -0.15) is 18.3 Å². The predicted octanol–water partition coefficient (Wildman–Crippen LogP) is 5.13. The number of carbonyl (C=O) groups excluding carboxylic acids is 1. The molecular weight excluding hydrogens is 486 g/mol. The number of hydrogen-bond donors (Lipinski definition) is 0. The molecule has 0 unspecified atom stereocenters. The Morgan fingerprint density at radius 2 is 1.62 bits per heavy atom. The highest BCUT2D eigenvalue weighted by Crippen LogP contribution is 2.33. The lowest BCUT2D eigenvalue weighted by Gasteiger charge is -2.34. The third-order valence-electron chi connectivity index (χ3n) is 6.72. The van der Waals surface area contributed by atoms with E-state index in [-0.39, 0.29) is 22.9 Å². The second-order valence-electron chi connectivity index (χ2n) is 9.32. The topological polar surface area (TPSA) is 53.7 Å². The molecule has 10 heteroatoms. The molecule has 3 heterocycles. The summed E-state index contributed by atoms with van der Waals surface area (Å²) in [6, 6.07) is 13.9. The molecule has 0 radical (unpaired) electrons. The first-order valence-electron chi connectivity index (χ1n) is 11.9. The molecular formula is C27H25F4N5O. The van der Waals surface area contributed by atoms with Crippen LogP contribution in [0.5, 0.6) is 0 Å². The number of fused-ring (bicyclic) bond motifs is 1. The van der Waals surface area contributed by atoms with Crippen molar-refractivity contribution in [1.82, 2.24) is 24.4 Å². The zero-order valence-electron chi connectivity index (χ0n) is 20.4. The van der Waals surface area contributed by atoms with Crippen molar-refractivity contribution in [2.75, 3.05) is 26.2 Å². The molecule has 6 nitrogen and oxygen atoms in total. The minimum Gasteiger partial charge on any atom is -0.335 e. The van der Waals surface area contributed by atoms with Crippen LogP contribution in [-0.2, 0) is 12.7 Å². The van der Waals surface area contributed by atoms with E-state index < -0.39 is 17.8 Å². The number of carbonyl (C=O) groups is 1. The van der Waals surface area contributed by atoms with Crippen molar-refractivity contribution < 1.29 is 22.4 Å². The van der Waals surface area contributed by atoms with Gasteiger partial charge in [0.15, 0.2) is 17.0 Å². The van der Waals surface area contributed by atoms with Crippen molar-refractivity contribution >= 4 is 11.6 Å². The molecule has 1 aliphatic rings. The molecule has 2 aromatic carbocycles. The predicted molar refractivity (Wildman–Crippen MR) is 130 cm³/mol. The summed E-state index contributed by atoms with van der Waals surface area (Å²) in [5, 5.41) is 4.01. The van der Waals surface area contributed by atoms with Gasteiger partial charge >= 0.3 is 6.18 Å². The van der Waals surface area contributed by atoms with E-state index in [9.17, 15) is 22.4 Å². The Labute approximate surface area is 211 Å². The van der Waals surface area contributed by atoms with Crippen LogP contribution in [0.1, 0.15) is 32.9 Å². The first kappa shape index (κ1) is 24.9. The second-order valence-corrected chi connectivity index (χ2v) is 9.32. The maximum absolute atomic E-state index is 14.0. The van der Waals surface area contributed by atoms with Crippen LogP contribution in [0, 0.1) is 19.7 Å². The van der Waals surface area contributed by atoms with Crippen molar-refractivity contribution in [1.29, 1.82) is 0 Å². The Morgan fingerprint density at radius 3 is 2.27 bits per heavy atom. The maximum atomic E-state index is 14.0. The van der Waals surface area contributed by atoms with E-state index in [0.29, 0.717) is 42.8 Å². The summed E-state index contributed by atoms with van der Waals surface area (Å²) in [6.07, 6.45) is -4.69. The summed E-state index contributed by atoms with van der Waals surface area (Å²) in [6.45, 7) is 6.41. The molecule has 1 aliphatic heterocycles. The van der Waals surface area contributed by atoms with Gasteiger partial charge in [-0.3, -0.25) is 9.69 Å². The molecule has 0 bridgehead atoms. The van der Waals surface area contributed by atoms with Crippen LogP contribution in [0.2, 0.25) is 0 Å². The summed E-state index contributed by atoms with van der Waals surface area (Å²) in [7, 11) is 0. The lowest BCUT2D eigenvalue weighted by atomic mass is 10.0. The second kappa shape index (κ2) is 9.59. The van der Waals surface area contributed by atoms with E-state index in [4.69, 9.17) is 0 Å². The monoisotopic (exact) mass is 511 g/mol. The lowest BCUT2D eigenvalue weighted by Crippen LogP contribution is -2.48. The molecule has 1 saturated heterocycles. The standard InChI is InChI=1S/C27H25F4N5O/c1-17-3-6-20(13-18(17)2)22-14-24(27(29,30)31)36-25(32-22)15-23(33-36)26(37)35-11-9-34(10-12-35)16-19-4-7-21(28)8-5-19/h3-8,13-15H,9-12,16H2,1-2H3. The molecule has 0 atom stereocenters. The Bertz CT molecular complexity index is 1450. The average molecular weight is 512 g/mol. The summed E-state index contributed by atoms with van der Waals surface area (Å²) >= 11 is 0. The number of amides is 1. The van der Waals surface area contributed by atoms with Gasteiger partial charge in [-0.25, -0.2) is 13.9 Å². The zero-order valence-corrected chi connectivity index (χ0v) is 20.4. The van der Waals surface area contributed by atoms with Crippen molar-refractivity contribution in [3.8, 4) is 11.3 Å². The molecule has 1 amide bonds. The van der Waals surface area contributed by atoms with Crippen LogP contribution in [0.3, 0.4) is 0 Å². The highest BCUT2D eigenvalue weighted by atomic mass is 19.4. The van der Waals surface area contributed by atoms with Crippen LogP contribution in [-0.4, -0.2) is 56.5 Å². The molecule has 37 heavy (non-hydrogen) atoms. The summed E-state index contributed by atoms with van der Waals surface area (Å²) in [5.41, 5.74) is 2.54. The normalized spacial score (nSPS) is 14.9. The third kappa shape index (κ3) is 5.20. The SMILES string of the molecule is Cc1ccc(-c2cc(C(F)(F)F)n3nc(C(=O)N4CCN(Cc5ccc(F)cc5)CC4)cc3n2)cc1C. The fraction of sp³-hybridized carbons (Fsp3) is 0.296. The Morgan fingerprint density at radius 1 is 0.919 bits per heavy atom. The van der Waals surface area contributed by atoms with Crippen molar-refractivity contribution in [3.63, 3.8) is 0 Å². The van der Waals surface area contributed by atoms with E-state index in [1.807, 2.05) is 19.9 Å². The van der Waals surface area contributed by atoms with Gasteiger partial charge in [0.05, 0.1) is 5.69 Å². The quantitative estimate of drug-likeness (QED) is 0.357. The molecule has 1 fully saturated rings. The molecule has 5 rings (SSSR count). The van der Waals surface area contributed by atoms with Crippen LogP contribution in [0.25, 0.3) is 16.9 Å². The van der Waals surface area contributed by atoms with Gasteiger partial charge in [0.2, 0.25) is 0 Å². The van der Waals surface area contributed by atoms with E-state index in [2.05, 4.69) is 15.0 Å². The molecule has 0 spiro atoms. The van der Waals surface area contributed by atoms with Crippen LogP contribution in [0.4, 0.5) is 17.6 Å². The average Bonchev–Trinajstić information content (AvgIpc) is 3.30. The Balaban J connectivity index is 1.38. The molecule has 0 N–H and O–H groups in total. The number of piperazine rings is 1. The summed E-state index contributed by atoms with van der Waals surface area (Å²) in [5.74, 6) is -0.733. The number of aromatic nitrogens is 3. The molecule has 0 saturated carbocycles. The van der Waals surface area contributed by atoms with Crippen LogP contribution < -0.4 is 0 Å². The largest absolute Gasteiger partial charge is 0.433 e. The zero-order chi connectivity index (χ0) is 26.3. The van der Waals surface area contributed by atoms with Gasteiger partial charge in [-0.1, -0.05) is 24.3 Å². The Hall–Kier alpha value is -3.79. The minimum atomic E-state index is -4.69. The number of alkyl halides is 3. The van der Waals surface area contributed by atoms with Crippen LogP contribution in [0.15, 0.2) is 54.6 Å². The lowest BCUT2D eigenvalue weighted by molar-refractivity contribution is -0.142. The van der Waals surface area contributed by atoms with Crippen molar-refractivity contribution in [2.45, 2.75) is 26.6 Å². The number of nitrogens with zero attached hydrogens (tertiary/aromatic N) is 5. The summed E-state index contributed by atoms with van der Waals surface area (Å²) in [4.78, 5) is 21.3. The number of halogens is 4. The Kier molecular flexibility index (Phi) is 6.45. The van der Waals surface area contributed by atoms with E-state index in [0.717, 1.165) is 22.8 Å². The summed E-state index contributed by atoms with van der Waals surface area (Å²) < 4.78 is 55.7. The van der Waals surface area contributed by atoms with Gasteiger partial charge in [0, 0.05) is 44.4 Å². The van der Waals surface area contributed by atoms with Crippen molar-refractivity contribution in [3.05, 3.63) is 88.5 Å². The molecule has 4 aromatic rings. The van der Waals surface area contributed by atoms with E-state index in [1.165, 1.54) is 18.2 Å².